The first-order valence-corrected chi connectivity index (χ1v) is 6.01. The summed E-state index contributed by atoms with van der Waals surface area (Å²) in [7, 11) is 0. The molecule has 0 amide bonds. The Morgan fingerprint density at radius 3 is 2.24 bits per heavy atom. The lowest BCUT2D eigenvalue weighted by Crippen LogP contribution is -2.15. The van der Waals surface area contributed by atoms with Crippen LogP contribution in [0.2, 0.25) is 0 Å². The van der Waals surface area contributed by atoms with Gasteiger partial charge in [-0.2, -0.15) is 0 Å². The Labute approximate surface area is 101 Å². The van der Waals surface area contributed by atoms with Gasteiger partial charge < -0.3 is 9.84 Å². The molecule has 1 aliphatic heterocycles. The predicted octanol–water partition coefficient (Wildman–Crippen LogP) is 2.90. The first-order valence-electron chi connectivity index (χ1n) is 6.01. The Morgan fingerprint density at radius 1 is 1.24 bits per heavy atom. The zero-order chi connectivity index (χ0) is 12.4. The quantitative estimate of drug-likeness (QED) is 0.855. The monoisotopic (exact) mass is 234 g/mol. The summed E-state index contributed by atoms with van der Waals surface area (Å²) >= 11 is 0. The summed E-state index contributed by atoms with van der Waals surface area (Å²) < 4.78 is 5.35. The summed E-state index contributed by atoms with van der Waals surface area (Å²) in [6.45, 7) is 5.37. The smallest absolute Gasteiger partial charge is 0.336 e. The van der Waals surface area contributed by atoms with E-state index in [1.54, 1.807) is 0 Å². The van der Waals surface area contributed by atoms with E-state index in [1.807, 2.05) is 26.0 Å². The van der Waals surface area contributed by atoms with E-state index in [0.717, 1.165) is 37.2 Å². The molecule has 0 saturated carbocycles. The maximum absolute atomic E-state index is 11.1. The zero-order valence-corrected chi connectivity index (χ0v) is 10.3. The van der Waals surface area contributed by atoms with Crippen molar-refractivity contribution in [3.63, 3.8) is 0 Å². The van der Waals surface area contributed by atoms with E-state index in [9.17, 15) is 4.79 Å². The molecular weight excluding hydrogens is 216 g/mol. The Hall–Kier alpha value is -1.35. The molecule has 1 fully saturated rings. The van der Waals surface area contributed by atoms with E-state index >= 15 is 0 Å². The summed E-state index contributed by atoms with van der Waals surface area (Å²) in [6, 6.07) is 4.04. The molecule has 1 aromatic rings. The van der Waals surface area contributed by atoms with Crippen LogP contribution in [0.4, 0.5) is 0 Å². The number of ether oxygens (including phenoxy) is 1. The molecule has 0 bridgehead atoms. The lowest BCUT2D eigenvalue weighted by Gasteiger charge is -2.23. The van der Waals surface area contributed by atoms with Crippen molar-refractivity contribution in [2.75, 3.05) is 13.2 Å². The van der Waals surface area contributed by atoms with Gasteiger partial charge in [0.2, 0.25) is 0 Å². The van der Waals surface area contributed by atoms with Crippen molar-refractivity contribution in [2.45, 2.75) is 32.6 Å². The highest BCUT2D eigenvalue weighted by Crippen LogP contribution is 2.29. The number of benzene rings is 1. The fraction of sp³-hybridized carbons (Fsp3) is 0.500. The van der Waals surface area contributed by atoms with Gasteiger partial charge in [-0.05, 0) is 49.3 Å². The van der Waals surface area contributed by atoms with Crippen molar-refractivity contribution in [2.24, 2.45) is 0 Å². The molecule has 1 heterocycles. The third-order valence-corrected chi connectivity index (χ3v) is 3.46. The summed E-state index contributed by atoms with van der Waals surface area (Å²) in [5.41, 5.74) is 3.42. The van der Waals surface area contributed by atoms with Crippen LogP contribution in [0.1, 0.15) is 45.8 Å². The van der Waals surface area contributed by atoms with Gasteiger partial charge in [0.1, 0.15) is 0 Å². The largest absolute Gasteiger partial charge is 0.478 e. The average Bonchev–Trinajstić information content (AvgIpc) is 2.28. The van der Waals surface area contributed by atoms with E-state index in [2.05, 4.69) is 0 Å². The van der Waals surface area contributed by atoms with Gasteiger partial charge in [0.25, 0.3) is 0 Å². The van der Waals surface area contributed by atoms with Crippen molar-refractivity contribution in [1.29, 1.82) is 0 Å². The number of hydrogen-bond donors (Lipinski definition) is 1. The standard InChI is InChI=1S/C14H18O3/c1-9-7-12(11-3-5-17-6-4-11)8-10(2)13(9)14(15)16/h7-8,11H,3-6H2,1-2H3,(H,15,16). The topological polar surface area (TPSA) is 46.5 Å². The Kier molecular flexibility index (Phi) is 3.48. The number of carboxylic acid groups (broad SMARTS) is 1. The van der Waals surface area contributed by atoms with Crippen molar-refractivity contribution in [1.82, 2.24) is 0 Å². The van der Waals surface area contributed by atoms with Crippen LogP contribution >= 0.6 is 0 Å². The number of hydrogen-bond acceptors (Lipinski definition) is 2. The zero-order valence-electron chi connectivity index (χ0n) is 10.3. The molecule has 1 aromatic carbocycles. The molecule has 0 spiro atoms. The van der Waals surface area contributed by atoms with E-state index < -0.39 is 5.97 Å². The molecule has 1 aliphatic rings. The van der Waals surface area contributed by atoms with E-state index in [-0.39, 0.29) is 0 Å². The van der Waals surface area contributed by atoms with Crippen molar-refractivity contribution < 1.29 is 14.6 Å². The normalized spacial score (nSPS) is 17.1. The summed E-state index contributed by atoms with van der Waals surface area (Å²) in [5.74, 6) is -0.317. The van der Waals surface area contributed by atoms with Crippen LogP contribution in [0.5, 0.6) is 0 Å². The Morgan fingerprint density at radius 2 is 1.76 bits per heavy atom. The second-order valence-electron chi connectivity index (χ2n) is 4.72. The van der Waals surface area contributed by atoms with Gasteiger partial charge in [0.15, 0.2) is 0 Å². The number of rotatable bonds is 2. The van der Waals surface area contributed by atoms with Crippen molar-refractivity contribution in [3.05, 3.63) is 34.4 Å². The van der Waals surface area contributed by atoms with Crippen LogP contribution in [-0.4, -0.2) is 24.3 Å². The van der Waals surface area contributed by atoms with Crippen LogP contribution in [-0.2, 0) is 4.74 Å². The Balaban J connectivity index is 2.34. The summed E-state index contributed by atoms with van der Waals surface area (Å²) in [6.07, 6.45) is 2.07. The molecule has 0 radical (unpaired) electrons. The third kappa shape index (κ3) is 2.50. The highest BCUT2D eigenvalue weighted by atomic mass is 16.5. The van der Waals surface area contributed by atoms with Gasteiger partial charge in [0.05, 0.1) is 5.56 Å². The van der Waals surface area contributed by atoms with Crippen LogP contribution in [0.25, 0.3) is 0 Å². The van der Waals surface area contributed by atoms with Crippen molar-refractivity contribution >= 4 is 5.97 Å². The minimum absolute atomic E-state index is 0.445. The molecule has 0 atom stereocenters. The van der Waals surface area contributed by atoms with Gasteiger partial charge >= 0.3 is 5.97 Å². The highest BCUT2D eigenvalue weighted by Gasteiger charge is 2.19. The maximum atomic E-state index is 11.1. The first-order chi connectivity index (χ1) is 8.09. The summed E-state index contributed by atoms with van der Waals surface area (Å²) in [4.78, 5) is 11.1. The fourth-order valence-corrected chi connectivity index (χ4v) is 2.60. The molecule has 1 N–H and O–H groups in total. The molecule has 3 heteroatoms. The van der Waals surface area contributed by atoms with E-state index in [4.69, 9.17) is 9.84 Å². The molecule has 0 aliphatic carbocycles. The Bertz CT molecular complexity index is 408. The van der Waals surface area contributed by atoms with Crippen LogP contribution in [0.15, 0.2) is 12.1 Å². The maximum Gasteiger partial charge on any atom is 0.336 e. The van der Waals surface area contributed by atoms with Crippen molar-refractivity contribution in [3.8, 4) is 0 Å². The van der Waals surface area contributed by atoms with E-state index in [1.165, 1.54) is 5.56 Å². The molecule has 0 aromatic heterocycles. The molecule has 92 valence electrons. The average molecular weight is 234 g/mol. The van der Waals surface area contributed by atoms with E-state index in [0.29, 0.717) is 11.5 Å². The number of carboxylic acids is 1. The molecule has 3 nitrogen and oxygen atoms in total. The van der Waals surface area contributed by atoms with Crippen LogP contribution < -0.4 is 0 Å². The van der Waals surface area contributed by atoms with Gasteiger partial charge in [-0.1, -0.05) is 12.1 Å². The van der Waals surface area contributed by atoms with Gasteiger partial charge in [-0.15, -0.1) is 0 Å². The SMILES string of the molecule is Cc1cc(C2CCOCC2)cc(C)c1C(=O)O. The second-order valence-corrected chi connectivity index (χ2v) is 4.72. The number of aromatic carboxylic acids is 1. The second kappa shape index (κ2) is 4.88. The first kappa shape index (κ1) is 12.1. The minimum Gasteiger partial charge on any atom is -0.478 e. The van der Waals surface area contributed by atoms with Crippen LogP contribution in [0, 0.1) is 13.8 Å². The highest BCUT2D eigenvalue weighted by molar-refractivity contribution is 5.91. The number of carbonyl (C=O) groups is 1. The lowest BCUT2D eigenvalue weighted by molar-refractivity contribution is 0.0695. The molecule has 1 saturated heterocycles. The lowest BCUT2D eigenvalue weighted by atomic mass is 9.88. The minimum atomic E-state index is -0.835. The molecule has 17 heavy (non-hydrogen) atoms. The molecular formula is C14H18O3. The van der Waals surface area contributed by atoms with Gasteiger partial charge in [0, 0.05) is 13.2 Å². The molecule has 2 rings (SSSR count). The molecule has 0 unspecified atom stereocenters. The number of aryl methyl sites for hydroxylation is 2. The predicted molar refractivity (Wildman–Crippen MR) is 65.7 cm³/mol. The third-order valence-electron chi connectivity index (χ3n) is 3.46. The fourth-order valence-electron chi connectivity index (χ4n) is 2.60. The summed E-state index contributed by atoms with van der Waals surface area (Å²) in [5, 5.41) is 9.13. The van der Waals surface area contributed by atoms with Crippen LogP contribution in [0.3, 0.4) is 0 Å². The van der Waals surface area contributed by atoms with Gasteiger partial charge in [-0.3, -0.25) is 0 Å². The van der Waals surface area contributed by atoms with Gasteiger partial charge in [-0.25, -0.2) is 4.79 Å².